The first-order valence-electron chi connectivity index (χ1n) is 16.5. The molecular weight excluding hydrogens is 614 g/mol. The molecule has 0 spiro atoms. The van der Waals surface area contributed by atoms with E-state index in [2.05, 4.69) is 66.3 Å². The fourth-order valence-corrected chi connectivity index (χ4v) is 6.63. The van der Waals surface area contributed by atoms with Crippen molar-refractivity contribution < 1.29 is 29.1 Å². The van der Waals surface area contributed by atoms with Crippen LogP contribution in [0.15, 0.2) is 35.7 Å². The Morgan fingerprint density at radius 3 is 2.45 bits per heavy atom. The number of fused-ring (bicyclic) bond motifs is 1. The Hall–Kier alpha value is -3.18. The number of benzene rings is 2. The molecule has 2 aliphatic heterocycles. The van der Waals surface area contributed by atoms with E-state index in [0.717, 1.165) is 59.2 Å². The molecule has 1 amide bonds. The van der Waals surface area contributed by atoms with Gasteiger partial charge in [-0.15, -0.1) is 11.3 Å². The molecule has 3 aromatic rings. The molecule has 0 saturated carbocycles. The quantitative estimate of drug-likeness (QED) is 0.207. The van der Waals surface area contributed by atoms with Crippen molar-refractivity contribution in [2.45, 2.75) is 106 Å². The van der Waals surface area contributed by atoms with E-state index in [9.17, 15) is 4.79 Å². The third-order valence-electron chi connectivity index (χ3n) is 8.54. The topological polar surface area (TPSA) is 93.6 Å². The number of anilines is 1. The molecule has 258 valence electrons. The minimum absolute atomic E-state index is 0.231. The smallest absolute Gasteiger partial charge is 0.410 e. The summed E-state index contributed by atoms with van der Waals surface area (Å²) in [5.41, 5.74) is 7.04. The zero-order chi connectivity index (χ0) is 34.5. The number of aryl methyl sites for hydroxylation is 1. The van der Waals surface area contributed by atoms with Gasteiger partial charge in [0.05, 0.1) is 17.4 Å². The number of aromatic nitrogens is 1. The monoisotopic (exact) mass is 667 g/mol. The third kappa shape index (κ3) is 9.69. The lowest BCUT2D eigenvalue weighted by Crippen LogP contribution is -2.43. The van der Waals surface area contributed by atoms with E-state index in [4.69, 9.17) is 24.5 Å². The number of thiazole rings is 1. The van der Waals surface area contributed by atoms with Crippen LogP contribution in [0.1, 0.15) is 82.7 Å². The van der Waals surface area contributed by atoms with Crippen LogP contribution in [0.25, 0.3) is 11.3 Å². The second-order valence-electron chi connectivity index (χ2n) is 14.6. The summed E-state index contributed by atoms with van der Waals surface area (Å²) in [6.07, 6.45) is 1.89. The van der Waals surface area contributed by atoms with Gasteiger partial charge in [0.1, 0.15) is 18.0 Å². The van der Waals surface area contributed by atoms with Crippen molar-refractivity contribution in [2.75, 3.05) is 31.6 Å². The summed E-state index contributed by atoms with van der Waals surface area (Å²) in [6, 6.07) is 10.5. The number of methoxy groups -OCH3 is 1. The van der Waals surface area contributed by atoms with Crippen LogP contribution >= 0.6 is 11.3 Å². The van der Waals surface area contributed by atoms with Gasteiger partial charge in [0.15, 0.2) is 5.13 Å². The van der Waals surface area contributed by atoms with Gasteiger partial charge < -0.3 is 24.0 Å². The fourth-order valence-electron chi connectivity index (χ4n) is 5.77. The molecule has 0 radical (unpaired) electrons. The van der Waals surface area contributed by atoms with Crippen molar-refractivity contribution in [1.29, 1.82) is 0 Å². The molecule has 9 nitrogen and oxygen atoms in total. The Kier molecular flexibility index (Phi) is 12.0. The summed E-state index contributed by atoms with van der Waals surface area (Å²) >= 11 is 1.68. The van der Waals surface area contributed by atoms with Crippen LogP contribution in [0.4, 0.5) is 9.93 Å². The summed E-state index contributed by atoms with van der Waals surface area (Å²) in [4.78, 5) is 25.7. The maximum absolute atomic E-state index is 12.6. The van der Waals surface area contributed by atoms with Gasteiger partial charge in [-0.2, -0.15) is 0 Å². The highest BCUT2D eigenvalue weighted by Crippen LogP contribution is 2.37. The number of carbonyl (C=O) groups excluding carboxylic acids is 1. The summed E-state index contributed by atoms with van der Waals surface area (Å²) in [5, 5.41) is 11.1. The van der Waals surface area contributed by atoms with E-state index in [1.165, 1.54) is 16.7 Å². The van der Waals surface area contributed by atoms with Crippen molar-refractivity contribution in [3.8, 4) is 17.0 Å². The molecule has 2 aromatic carbocycles. The summed E-state index contributed by atoms with van der Waals surface area (Å²) in [6.45, 7) is 21.1. The minimum Gasteiger partial charge on any atom is -0.488 e. The molecule has 47 heavy (non-hydrogen) atoms. The Labute approximate surface area is 284 Å². The van der Waals surface area contributed by atoms with Gasteiger partial charge in [0.25, 0.3) is 0 Å². The number of rotatable bonds is 6. The summed E-state index contributed by atoms with van der Waals surface area (Å²) in [7, 11) is 1.80. The average molecular weight is 668 g/mol. The van der Waals surface area contributed by atoms with Gasteiger partial charge in [-0.05, 0) is 108 Å². The number of carbonyl (C=O) groups is 1. The zero-order valence-electron chi connectivity index (χ0n) is 29.8. The lowest BCUT2D eigenvalue weighted by Gasteiger charge is -2.36. The molecule has 1 saturated heterocycles. The molecule has 0 aliphatic carbocycles. The summed E-state index contributed by atoms with van der Waals surface area (Å²) in [5.74, 6) is 1.43. The Morgan fingerprint density at radius 1 is 1.06 bits per heavy atom. The summed E-state index contributed by atoms with van der Waals surface area (Å²) < 4.78 is 17.9. The van der Waals surface area contributed by atoms with Gasteiger partial charge in [-0.1, -0.05) is 31.2 Å². The number of nitrogens with zero attached hydrogens (tertiary/aromatic N) is 3. The van der Waals surface area contributed by atoms with Gasteiger partial charge in [-0.3, -0.25) is 5.26 Å². The van der Waals surface area contributed by atoms with Crippen LogP contribution in [-0.4, -0.2) is 65.3 Å². The molecule has 1 aromatic heterocycles. The van der Waals surface area contributed by atoms with Crippen molar-refractivity contribution in [3.63, 3.8) is 0 Å². The first-order chi connectivity index (χ1) is 22.1. The number of ether oxygens (including phenoxy) is 3. The molecule has 5 rings (SSSR count). The van der Waals surface area contributed by atoms with Crippen LogP contribution < -0.4 is 9.64 Å². The van der Waals surface area contributed by atoms with Crippen LogP contribution in [0.5, 0.6) is 5.75 Å². The van der Waals surface area contributed by atoms with Crippen LogP contribution in [0, 0.1) is 19.8 Å². The molecular formula is C37H53N3O6S. The van der Waals surface area contributed by atoms with Crippen LogP contribution in [-0.2, 0) is 33.9 Å². The van der Waals surface area contributed by atoms with E-state index in [1.807, 2.05) is 20.8 Å². The highest BCUT2D eigenvalue weighted by Gasteiger charge is 2.29. The molecule has 10 heteroatoms. The zero-order valence-corrected chi connectivity index (χ0v) is 30.6. The van der Waals surface area contributed by atoms with Gasteiger partial charge in [0, 0.05) is 44.2 Å². The maximum atomic E-state index is 12.6. The lowest BCUT2D eigenvalue weighted by atomic mass is 9.92. The number of piperidine rings is 1. The van der Waals surface area contributed by atoms with Gasteiger partial charge in [-0.25, -0.2) is 14.7 Å². The SMILES string of the molecule is CC(C)(C)OO.CO[C@@H]1CN(c2nc(-c3cccc(C)c3OCc3ccc4c(c3C)CCN(C(=O)OC(C)(C)C)C4)cs2)CC[C@@H]1C. The van der Waals surface area contributed by atoms with E-state index in [0.29, 0.717) is 25.6 Å². The Bertz CT molecular complexity index is 1510. The van der Waals surface area contributed by atoms with E-state index < -0.39 is 11.2 Å². The first-order valence-corrected chi connectivity index (χ1v) is 17.3. The molecule has 2 aliphatic rings. The average Bonchev–Trinajstić information content (AvgIpc) is 3.50. The molecule has 1 N–H and O–H groups in total. The van der Waals surface area contributed by atoms with E-state index >= 15 is 0 Å². The van der Waals surface area contributed by atoms with Gasteiger partial charge in [0.2, 0.25) is 0 Å². The fraction of sp³-hybridized carbons (Fsp3) is 0.568. The highest BCUT2D eigenvalue weighted by atomic mass is 32.1. The van der Waals surface area contributed by atoms with Gasteiger partial charge >= 0.3 is 6.09 Å². The number of hydrogen-bond acceptors (Lipinski definition) is 9. The van der Waals surface area contributed by atoms with Crippen molar-refractivity contribution in [1.82, 2.24) is 9.88 Å². The van der Waals surface area contributed by atoms with E-state index in [-0.39, 0.29) is 12.2 Å². The maximum Gasteiger partial charge on any atom is 0.410 e. The molecule has 0 bridgehead atoms. The predicted molar refractivity (Wildman–Crippen MR) is 188 cm³/mol. The predicted octanol–water partition coefficient (Wildman–Crippen LogP) is 8.43. The minimum atomic E-state index is -0.498. The van der Waals surface area contributed by atoms with E-state index in [1.54, 1.807) is 44.1 Å². The standard InChI is InChI=1S/C33H43N3O4S.C4H10O2/c1-21-13-15-35(18-29(21)38-7)31-34-28(20-41-31)27-10-8-9-22(2)30(27)39-19-25-12-11-24-17-36(16-14-26(24)23(25)3)32(37)40-33(4,5)6;1-4(2,3)6-5/h8-12,20-21,29H,13-19H2,1-7H3;5H,1-3H3/t21-,29+;/m0./s1. The normalized spacial score (nSPS) is 18.3. The number of hydrogen-bond donors (Lipinski definition) is 1. The second-order valence-corrected chi connectivity index (χ2v) is 15.4. The van der Waals surface area contributed by atoms with Crippen molar-refractivity contribution in [3.05, 3.63) is 63.5 Å². The third-order valence-corrected chi connectivity index (χ3v) is 9.44. The Balaban J connectivity index is 0.000000762. The largest absolute Gasteiger partial charge is 0.488 e. The van der Waals surface area contributed by atoms with Crippen LogP contribution in [0.2, 0.25) is 0 Å². The molecule has 1 fully saturated rings. The second kappa shape index (κ2) is 15.4. The van der Waals surface area contributed by atoms with Crippen molar-refractivity contribution >= 4 is 22.6 Å². The number of amides is 1. The van der Waals surface area contributed by atoms with Crippen LogP contribution in [0.3, 0.4) is 0 Å². The Morgan fingerprint density at radius 2 is 1.79 bits per heavy atom. The lowest BCUT2D eigenvalue weighted by molar-refractivity contribution is -0.306. The van der Waals surface area contributed by atoms with Crippen molar-refractivity contribution in [2.24, 2.45) is 5.92 Å². The molecule has 0 unspecified atom stereocenters. The number of para-hydroxylation sites is 1. The molecule has 3 heterocycles. The molecule has 2 atom stereocenters. The first kappa shape index (κ1) is 36.7. The highest BCUT2D eigenvalue weighted by molar-refractivity contribution is 7.14.